The van der Waals surface area contributed by atoms with Gasteiger partial charge in [0.1, 0.15) is 0 Å². The Kier molecular flexibility index (Phi) is 3.50. The molecule has 12 heavy (non-hydrogen) atoms. The van der Waals surface area contributed by atoms with Crippen LogP contribution in [0, 0.1) is 0 Å². The van der Waals surface area contributed by atoms with E-state index in [1.165, 1.54) is 0 Å². The molecule has 1 unspecified atom stereocenters. The maximum absolute atomic E-state index is 5.79. The molecule has 3 nitrogen and oxygen atoms in total. The topological polar surface area (TPSA) is 44.5 Å². The van der Waals surface area contributed by atoms with E-state index in [-0.39, 0.29) is 11.9 Å². The zero-order valence-electron chi connectivity index (χ0n) is 8.01. The molecule has 2 N–H and O–H groups in total. The molecule has 0 bridgehead atoms. The predicted octanol–water partition coefficient (Wildman–Crippen LogP) is 1.27. The summed E-state index contributed by atoms with van der Waals surface area (Å²) in [6, 6.07) is 0. The third kappa shape index (κ3) is 1.97. The average molecular weight is 173 g/mol. The molecular weight excluding hydrogens is 154 g/mol. The minimum absolute atomic E-state index is 0.217. The molecule has 0 spiro atoms. The van der Waals surface area contributed by atoms with E-state index >= 15 is 0 Å². The summed E-state index contributed by atoms with van der Waals surface area (Å²) >= 11 is 0. The molecule has 0 aromatic heterocycles. The molecule has 72 valence electrons. The van der Waals surface area contributed by atoms with Gasteiger partial charge in [-0.05, 0) is 25.8 Å². The van der Waals surface area contributed by atoms with Gasteiger partial charge in [-0.15, -0.1) is 0 Å². The summed E-state index contributed by atoms with van der Waals surface area (Å²) in [5.74, 6) is -0.306. The van der Waals surface area contributed by atoms with Crippen molar-refractivity contribution in [1.82, 2.24) is 0 Å². The van der Waals surface area contributed by atoms with Gasteiger partial charge in [-0.2, -0.15) is 0 Å². The highest BCUT2D eigenvalue weighted by atomic mass is 16.7. The molecule has 1 heterocycles. The van der Waals surface area contributed by atoms with Crippen molar-refractivity contribution in [3.05, 3.63) is 0 Å². The molecule has 0 radical (unpaired) electrons. The first-order valence-electron chi connectivity index (χ1n) is 4.78. The van der Waals surface area contributed by atoms with Crippen molar-refractivity contribution < 1.29 is 9.47 Å². The van der Waals surface area contributed by atoms with Crippen molar-refractivity contribution in [3.8, 4) is 0 Å². The van der Waals surface area contributed by atoms with Crippen LogP contribution in [0.3, 0.4) is 0 Å². The van der Waals surface area contributed by atoms with Crippen LogP contribution in [-0.4, -0.2) is 25.0 Å². The number of ether oxygens (including phenoxy) is 2. The van der Waals surface area contributed by atoms with Crippen molar-refractivity contribution in [2.75, 3.05) is 13.2 Å². The lowest BCUT2D eigenvalue weighted by atomic mass is 10.1. The first-order chi connectivity index (χ1) is 5.76. The smallest absolute Gasteiger partial charge is 0.168 e. The van der Waals surface area contributed by atoms with E-state index in [4.69, 9.17) is 15.2 Å². The zero-order valence-corrected chi connectivity index (χ0v) is 8.01. The van der Waals surface area contributed by atoms with E-state index in [0.29, 0.717) is 13.2 Å². The molecule has 1 rings (SSSR count). The van der Waals surface area contributed by atoms with Gasteiger partial charge >= 0.3 is 0 Å². The van der Waals surface area contributed by atoms with Crippen molar-refractivity contribution in [2.45, 2.75) is 45.0 Å². The molecule has 1 fully saturated rings. The lowest BCUT2D eigenvalue weighted by Crippen LogP contribution is -2.29. The SMILES string of the molecule is CCC1(CC)OCC(CCN)O1. The third-order valence-corrected chi connectivity index (χ3v) is 2.48. The third-order valence-electron chi connectivity index (χ3n) is 2.48. The van der Waals surface area contributed by atoms with Crippen LogP contribution in [0.1, 0.15) is 33.1 Å². The Morgan fingerprint density at radius 1 is 1.42 bits per heavy atom. The van der Waals surface area contributed by atoms with Crippen LogP contribution in [0.5, 0.6) is 0 Å². The van der Waals surface area contributed by atoms with E-state index in [2.05, 4.69) is 13.8 Å². The van der Waals surface area contributed by atoms with Gasteiger partial charge in [0.25, 0.3) is 0 Å². The van der Waals surface area contributed by atoms with Crippen LogP contribution in [0.4, 0.5) is 0 Å². The Hall–Kier alpha value is -0.120. The summed E-state index contributed by atoms with van der Waals surface area (Å²) < 4.78 is 11.4. The Bertz CT molecular complexity index is 134. The lowest BCUT2D eigenvalue weighted by molar-refractivity contribution is -0.171. The minimum atomic E-state index is -0.306. The van der Waals surface area contributed by atoms with Crippen molar-refractivity contribution >= 4 is 0 Å². The van der Waals surface area contributed by atoms with Gasteiger partial charge in [0.2, 0.25) is 0 Å². The highest BCUT2D eigenvalue weighted by molar-refractivity contribution is 4.76. The number of nitrogens with two attached hydrogens (primary N) is 1. The number of rotatable bonds is 4. The average Bonchev–Trinajstić information content (AvgIpc) is 2.50. The van der Waals surface area contributed by atoms with Crippen LogP contribution in [0.2, 0.25) is 0 Å². The Morgan fingerprint density at radius 3 is 2.50 bits per heavy atom. The van der Waals surface area contributed by atoms with E-state index < -0.39 is 0 Å². The fraction of sp³-hybridized carbons (Fsp3) is 1.00. The van der Waals surface area contributed by atoms with E-state index in [1.54, 1.807) is 0 Å². The zero-order chi connectivity index (χ0) is 9.03. The number of hydrogen-bond acceptors (Lipinski definition) is 3. The summed E-state index contributed by atoms with van der Waals surface area (Å²) in [5.41, 5.74) is 5.44. The van der Waals surface area contributed by atoms with Gasteiger partial charge in [0, 0.05) is 0 Å². The molecule has 0 amide bonds. The van der Waals surface area contributed by atoms with Crippen molar-refractivity contribution in [3.63, 3.8) is 0 Å². The predicted molar refractivity (Wildman–Crippen MR) is 47.8 cm³/mol. The van der Waals surface area contributed by atoms with Gasteiger partial charge in [-0.3, -0.25) is 0 Å². The number of hydrogen-bond donors (Lipinski definition) is 1. The lowest BCUT2D eigenvalue weighted by Gasteiger charge is -2.24. The Labute approximate surface area is 74.2 Å². The van der Waals surface area contributed by atoms with Crippen LogP contribution in [0.15, 0.2) is 0 Å². The second-order valence-corrected chi connectivity index (χ2v) is 3.25. The normalized spacial score (nSPS) is 27.8. The molecule has 0 aliphatic carbocycles. The molecule has 0 aromatic carbocycles. The first kappa shape index (κ1) is 9.96. The van der Waals surface area contributed by atoms with Gasteiger partial charge in [-0.25, -0.2) is 0 Å². The summed E-state index contributed by atoms with van der Waals surface area (Å²) in [4.78, 5) is 0. The monoisotopic (exact) mass is 173 g/mol. The molecule has 0 saturated carbocycles. The standard InChI is InChI=1S/C9H19NO2/c1-3-9(4-2)11-7-8(12-9)5-6-10/h8H,3-7,10H2,1-2H3. The van der Waals surface area contributed by atoms with Gasteiger partial charge in [0.15, 0.2) is 5.79 Å². The quantitative estimate of drug-likeness (QED) is 0.696. The molecule has 0 aromatic rings. The molecule has 1 saturated heterocycles. The van der Waals surface area contributed by atoms with Gasteiger partial charge in [0.05, 0.1) is 12.7 Å². The Balaban J connectivity index is 2.41. The summed E-state index contributed by atoms with van der Waals surface area (Å²) in [7, 11) is 0. The summed E-state index contributed by atoms with van der Waals surface area (Å²) in [5, 5.41) is 0. The maximum Gasteiger partial charge on any atom is 0.168 e. The highest BCUT2D eigenvalue weighted by Gasteiger charge is 2.37. The summed E-state index contributed by atoms with van der Waals surface area (Å²) in [6.07, 6.45) is 2.96. The Morgan fingerprint density at radius 2 is 2.08 bits per heavy atom. The van der Waals surface area contributed by atoms with Crippen LogP contribution >= 0.6 is 0 Å². The van der Waals surface area contributed by atoms with Gasteiger partial charge < -0.3 is 15.2 Å². The fourth-order valence-electron chi connectivity index (χ4n) is 1.57. The molecule has 1 aliphatic rings. The van der Waals surface area contributed by atoms with Crippen LogP contribution in [0.25, 0.3) is 0 Å². The highest BCUT2D eigenvalue weighted by Crippen LogP contribution is 2.30. The molecule has 1 atom stereocenters. The summed E-state index contributed by atoms with van der Waals surface area (Å²) in [6.45, 7) is 5.57. The second kappa shape index (κ2) is 4.21. The van der Waals surface area contributed by atoms with E-state index in [0.717, 1.165) is 19.3 Å². The van der Waals surface area contributed by atoms with E-state index in [9.17, 15) is 0 Å². The van der Waals surface area contributed by atoms with Crippen molar-refractivity contribution in [2.24, 2.45) is 5.73 Å². The fourth-order valence-corrected chi connectivity index (χ4v) is 1.57. The molecular formula is C9H19NO2. The minimum Gasteiger partial charge on any atom is -0.347 e. The van der Waals surface area contributed by atoms with Crippen LogP contribution in [-0.2, 0) is 9.47 Å². The van der Waals surface area contributed by atoms with Crippen molar-refractivity contribution in [1.29, 1.82) is 0 Å². The van der Waals surface area contributed by atoms with Gasteiger partial charge in [-0.1, -0.05) is 13.8 Å². The van der Waals surface area contributed by atoms with E-state index in [1.807, 2.05) is 0 Å². The maximum atomic E-state index is 5.79. The second-order valence-electron chi connectivity index (χ2n) is 3.25. The van der Waals surface area contributed by atoms with Crippen LogP contribution < -0.4 is 5.73 Å². The molecule has 3 heteroatoms. The largest absolute Gasteiger partial charge is 0.347 e. The first-order valence-corrected chi connectivity index (χ1v) is 4.78. The molecule has 1 aliphatic heterocycles.